The zero-order chi connectivity index (χ0) is 14.4. The molecule has 2 N–H and O–H groups in total. The first-order chi connectivity index (χ1) is 8.90. The molecule has 106 valence electrons. The highest BCUT2D eigenvalue weighted by atomic mass is 16.4. The van der Waals surface area contributed by atoms with Crippen molar-refractivity contribution in [2.45, 2.75) is 18.9 Å². The molecular weight excluding hydrogens is 250 g/mol. The van der Waals surface area contributed by atoms with E-state index >= 15 is 0 Å². The van der Waals surface area contributed by atoms with E-state index in [9.17, 15) is 14.4 Å². The number of nitrogens with one attached hydrogen (secondary N) is 1. The fourth-order valence-electron chi connectivity index (χ4n) is 1.96. The molecule has 0 aromatic carbocycles. The van der Waals surface area contributed by atoms with E-state index in [0.717, 1.165) is 18.9 Å². The summed E-state index contributed by atoms with van der Waals surface area (Å²) in [5.41, 5.74) is 0. The summed E-state index contributed by atoms with van der Waals surface area (Å²) in [4.78, 5) is 36.9. The minimum absolute atomic E-state index is 0.451. The average Bonchev–Trinajstić information content (AvgIpc) is 2.36. The zero-order valence-electron chi connectivity index (χ0n) is 11.1. The van der Waals surface area contributed by atoms with Gasteiger partial charge in [0.25, 0.3) is 5.91 Å². The highest BCUT2D eigenvalue weighted by Crippen LogP contribution is 2.13. The number of hydrogen-bond acceptors (Lipinski definition) is 4. The molecule has 7 heteroatoms. The molecule has 1 aliphatic heterocycles. The summed E-state index contributed by atoms with van der Waals surface area (Å²) < 4.78 is 0. The Morgan fingerprint density at radius 3 is 2.26 bits per heavy atom. The third-order valence-corrected chi connectivity index (χ3v) is 3.09. The lowest BCUT2D eigenvalue weighted by Crippen LogP contribution is -2.49. The van der Waals surface area contributed by atoms with Crippen molar-refractivity contribution >= 4 is 17.9 Å². The standard InChI is InChI=1S/C12H19N3O4/c1-14(2)9-5-7-15(8-6-9)12(19)13-10(16)3-4-11(17)18/h3-4,9H,5-8H2,1-2H3,(H,17,18)(H,13,16,19)/b4-3+. The monoisotopic (exact) mass is 269 g/mol. The van der Waals surface area contributed by atoms with E-state index in [1.165, 1.54) is 0 Å². The summed E-state index contributed by atoms with van der Waals surface area (Å²) in [5, 5.41) is 10.5. The Morgan fingerprint density at radius 2 is 1.79 bits per heavy atom. The van der Waals surface area contributed by atoms with E-state index in [1.54, 1.807) is 4.90 Å². The Hall–Kier alpha value is -1.89. The van der Waals surface area contributed by atoms with Crippen molar-refractivity contribution in [3.05, 3.63) is 12.2 Å². The molecule has 0 atom stereocenters. The van der Waals surface area contributed by atoms with Gasteiger partial charge in [0.2, 0.25) is 0 Å². The van der Waals surface area contributed by atoms with Gasteiger partial charge in [-0.3, -0.25) is 10.1 Å². The number of carboxylic acids is 1. The number of imide groups is 1. The molecule has 19 heavy (non-hydrogen) atoms. The molecule has 0 unspecified atom stereocenters. The molecule has 0 saturated carbocycles. The number of hydrogen-bond donors (Lipinski definition) is 2. The van der Waals surface area contributed by atoms with Gasteiger partial charge in [-0.1, -0.05) is 0 Å². The molecule has 1 saturated heterocycles. The van der Waals surface area contributed by atoms with E-state index in [4.69, 9.17) is 5.11 Å². The molecule has 0 radical (unpaired) electrons. The van der Waals surface area contributed by atoms with Gasteiger partial charge in [-0.05, 0) is 26.9 Å². The lowest BCUT2D eigenvalue weighted by atomic mass is 10.0. The fourth-order valence-corrected chi connectivity index (χ4v) is 1.96. The predicted molar refractivity (Wildman–Crippen MR) is 68.6 cm³/mol. The van der Waals surface area contributed by atoms with E-state index < -0.39 is 17.9 Å². The van der Waals surface area contributed by atoms with Crippen LogP contribution < -0.4 is 5.32 Å². The summed E-state index contributed by atoms with van der Waals surface area (Å²) in [6.45, 7) is 1.18. The van der Waals surface area contributed by atoms with Crippen molar-refractivity contribution in [3.63, 3.8) is 0 Å². The van der Waals surface area contributed by atoms with Crippen LogP contribution in [0.15, 0.2) is 12.2 Å². The van der Waals surface area contributed by atoms with E-state index in [-0.39, 0.29) is 0 Å². The molecule has 0 spiro atoms. The van der Waals surface area contributed by atoms with Gasteiger partial charge in [0.1, 0.15) is 0 Å². The van der Waals surface area contributed by atoms with Crippen LogP contribution in [-0.2, 0) is 9.59 Å². The van der Waals surface area contributed by atoms with Crippen molar-refractivity contribution in [3.8, 4) is 0 Å². The summed E-state index contributed by atoms with van der Waals surface area (Å²) in [5.74, 6) is -1.95. The smallest absolute Gasteiger partial charge is 0.328 e. The quantitative estimate of drug-likeness (QED) is 0.698. The minimum atomic E-state index is -1.23. The Bertz CT molecular complexity index is 384. The van der Waals surface area contributed by atoms with E-state index in [1.807, 2.05) is 14.1 Å². The van der Waals surface area contributed by atoms with Gasteiger partial charge in [0, 0.05) is 31.3 Å². The van der Waals surface area contributed by atoms with Gasteiger partial charge in [-0.25, -0.2) is 9.59 Å². The third kappa shape index (κ3) is 5.09. The largest absolute Gasteiger partial charge is 0.478 e. The third-order valence-electron chi connectivity index (χ3n) is 3.09. The maximum absolute atomic E-state index is 11.7. The maximum atomic E-state index is 11.7. The molecule has 1 heterocycles. The van der Waals surface area contributed by atoms with Crippen LogP contribution in [0.1, 0.15) is 12.8 Å². The molecule has 3 amide bonds. The van der Waals surface area contributed by atoms with Gasteiger partial charge >= 0.3 is 12.0 Å². The Kier molecular flexibility index (Phi) is 5.50. The van der Waals surface area contributed by atoms with E-state index in [2.05, 4.69) is 10.2 Å². The highest BCUT2D eigenvalue weighted by molar-refractivity contribution is 6.02. The SMILES string of the molecule is CN(C)C1CCN(C(=O)NC(=O)/C=C/C(=O)O)CC1. The summed E-state index contributed by atoms with van der Waals surface area (Å²) >= 11 is 0. The molecule has 0 aliphatic carbocycles. The van der Waals surface area contributed by atoms with Crippen LogP contribution in [0.3, 0.4) is 0 Å². The zero-order valence-corrected chi connectivity index (χ0v) is 11.1. The second kappa shape index (κ2) is 6.89. The summed E-state index contributed by atoms with van der Waals surface area (Å²) in [7, 11) is 4.00. The lowest BCUT2D eigenvalue weighted by molar-refractivity contribution is -0.131. The van der Waals surface area contributed by atoms with Crippen molar-refractivity contribution in [2.75, 3.05) is 27.2 Å². The second-order valence-electron chi connectivity index (χ2n) is 4.65. The minimum Gasteiger partial charge on any atom is -0.478 e. The Balaban J connectivity index is 2.39. The first-order valence-corrected chi connectivity index (χ1v) is 6.07. The van der Waals surface area contributed by atoms with Crippen LogP contribution in [0.4, 0.5) is 4.79 Å². The normalized spacial score (nSPS) is 16.9. The van der Waals surface area contributed by atoms with Crippen LogP contribution in [0.25, 0.3) is 0 Å². The fraction of sp³-hybridized carbons (Fsp3) is 0.583. The van der Waals surface area contributed by atoms with E-state index in [0.29, 0.717) is 25.2 Å². The van der Waals surface area contributed by atoms with Gasteiger partial charge in [0.05, 0.1) is 0 Å². The summed E-state index contributed by atoms with van der Waals surface area (Å²) in [6.07, 6.45) is 3.24. The Labute approximate surface area is 111 Å². The topological polar surface area (TPSA) is 90.0 Å². The van der Waals surface area contributed by atoms with Gasteiger partial charge in [-0.2, -0.15) is 0 Å². The first-order valence-electron chi connectivity index (χ1n) is 6.07. The molecule has 1 rings (SSSR count). The van der Waals surface area contributed by atoms with Crippen molar-refractivity contribution in [1.82, 2.24) is 15.1 Å². The number of carboxylic acid groups (broad SMARTS) is 1. The van der Waals surface area contributed by atoms with Crippen LogP contribution >= 0.6 is 0 Å². The van der Waals surface area contributed by atoms with Crippen LogP contribution in [0.2, 0.25) is 0 Å². The number of nitrogens with zero attached hydrogens (tertiary/aromatic N) is 2. The molecule has 0 bridgehead atoms. The highest BCUT2D eigenvalue weighted by Gasteiger charge is 2.24. The summed E-state index contributed by atoms with van der Waals surface area (Å²) in [6, 6.07) is -0.0242. The Morgan fingerprint density at radius 1 is 1.21 bits per heavy atom. The van der Waals surface area contributed by atoms with Crippen molar-refractivity contribution in [2.24, 2.45) is 0 Å². The number of piperidine rings is 1. The van der Waals surface area contributed by atoms with Crippen LogP contribution in [0.5, 0.6) is 0 Å². The number of aliphatic carboxylic acids is 1. The number of likely N-dealkylation sites (tertiary alicyclic amines) is 1. The molecule has 0 aromatic rings. The molecular formula is C12H19N3O4. The second-order valence-corrected chi connectivity index (χ2v) is 4.65. The van der Waals surface area contributed by atoms with Gasteiger partial charge < -0.3 is 14.9 Å². The number of carbonyl (C=O) groups is 3. The van der Waals surface area contributed by atoms with Gasteiger partial charge in [-0.15, -0.1) is 0 Å². The number of carbonyl (C=O) groups excluding carboxylic acids is 2. The molecule has 1 fully saturated rings. The number of rotatable bonds is 3. The van der Waals surface area contributed by atoms with Crippen molar-refractivity contribution in [1.29, 1.82) is 0 Å². The lowest BCUT2D eigenvalue weighted by Gasteiger charge is -2.34. The van der Waals surface area contributed by atoms with Crippen LogP contribution in [0, 0.1) is 0 Å². The van der Waals surface area contributed by atoms with Gasteiger partial charge in [0.15, 0.2) is 0 Å². The molecule has 0 aromatic heterocycles. The first kappa shape index (κ1) is 15.2. The molecule has 1 aliphatic rings. The van der Waals surface area contributed by atoms with Crippen molar-refractivity contribution < 1.29 is 19.5 Å². The predicted octanol–water partition coefficient (Wildman–Crippen LogP) is -0.111. The maximum Gasteiger partial charge on any atom is 0.328 e. The number of amides is 3. The molecule has 7 nitrogen and oxygen atoms in total. The average molecular weight is 269 g/mol. The van der Waals surface area contributed by atoms with Crippen LogP contribution in [-0.4, -0.2) is 66.0 Å². The number of urea groups is 1.